The standard InChI is InChI=1S/C30H42N6O5S.2C2H6/c1-8-31-29(38)36-14-12-35(13-15-36)19-21-11-9-10-20-16-25(34(5)26(20)21)28(37)32-23-17-22(30(2,3)4)18-24(27(23)41-6)33-42(7,39)40;2*1-2/h9-11,16-18,33H,8,12-15,19H2,1-7H3,(H,31,38)(H,32,37);2*1-2H3. The molecule has 0 bridgehead atoms. The molecule has 1 aliphatic rings. The average Bonchev–Trinajstić information content (AvgIpc) is 3.35. The number of ether oxygens (including phenoxy) is 1. The van der Waals surface area contributed by atoms with E-state index in [4.69, 9.17) is 4.74 Å². The summed E-state index contributed by atoms with van der Waals surface area (Å²) in [4.78, 5) is 30.0. The molecular weight excluding hydrogens is 604 g/mol. The number of nitrogens with zero attached hydrogens (tertiary/aromatic N) is 3. The Balaban J connectivity index is 0.00000177. The molecule has 2 aromatic carbocycles. The minimum atomic E-state index is -3.59. The number of urea groups is 1. The van der Waals surface area contributed by atoms with Crippen LogP contribution >= 0.6 is 0 Å². The predicted molar refractivity (Wildman–Crippen MR) is 190 cm³/mol. The molecular formula is C34H54N6O5S. The van der Waals surface area contributed by atoms with Crippen LogP contribution in [-0.4, -0.2) is 80.8 Å². The van der Waals surface area contributed by atoms with Crippen molar-refractivity contribution in [3.8, 4) is 5.75 Å². The number of hydrogen-bond acceptors (Lipinski definition) is 6. The number of benzene rings is 2. The first-order valence-electron chi connectivity index (χ1n) is 16.1. The third-order valence-corrected chi connectivity index (χ3v) is 8.05. The van der Waals surface area contributed by atoms with Crippen molar-refractivity contribution in [2.45, 2.75) is 67.3 Å². The number of nitrogens with one attached hydrogen (secondary N) is 3. The van der Waals surface area contributed by atoms with E-state index in [1.54, 1.807) is 6.07 Å². The van der Waals surface area contributed by atoms with E-state index in [-0.39, 0.29) is 28.8 Å². The fourth-order valence-corrected chi connectivity index (χ4v) is 5.85. The largest absolute Gasteiger partial charge is 0.492 e. The molecule has 0 atom stereocenters. The predicted octanol–water partition coefficient (Wildman–Crippen LogP) is 6.01. The lowest BCUT2D eigenvalue weighted by Crippen LogP contribution is -2.51. The number of carbonyl (C=O) groups excluding carboxylic acids is 2. The Bertz CT molecular complexity index is 1590. The van der Waals surface area contributed by atoms with Crippen molar-refractivity contribution >= 4 is 44.2 Å². The summed E-state index contributed by atoms with van der Waals surface area (Å²) < 4.78 is 34.2. The molecule has 3 amide bonds. The Labute approximate surface area is 275 Å². The molecule has 1 fully saturated rings. The first-order valence-corrected chi connectivity index (χ1v) is 17.9. The van der Waals surface area contributed by atoms with Gasteiger partial charge in [-0.2, -0.15) is 0 Å². The van der Waals surface area contributed by atoms with Crippen LogP contribution in [0.1, 0.15) is 77.0 Å². The molecule has 0 aliphatic carbocycles. The molecule has 1 aliphatic heterocycles. The summed E-state index contributed by atoms with van der Waals surface area (Å²) in [5.74, 6) is -0.113. The van der Waals surface area contributed by atoms with Gasteiger partial charge in [-0.25, -0.2) is 13.2 Å². The number of fused-ring (bicyclic) bond motifs is 1. The molecule has 0 radical (unpaired) electrons. The topological polar surface area (TPSA) is 125 Å². The van der Waals surface area contributed by atoms with Crippen LogP contribution in [0.5, 0.6) is 5.75 Å². The number of hydrogen-bond donors (Lipinski definition) is 3. The number of rotatable bonds is 8. The summed E-state index contributed by atoms with van der Waals surface area (Å²) in [6.45, 7) is 20.1. The number of sulfonamides is 1. The lowest BCUT2D eigenvalue weighted by atomic mass is 9.86. The fourth-order valence-electron chi connectivity index (χ4n) is 5.30. The Kier molecular flexibility index (Phi) is 13.9. The highest BCUT2D eigenvalue weighted by molar-refractivity contribution is 7.92. The number of carbonyl (C=O) groups is 2. The Morgan fingerprint density at radius 3 is 2.11 bits per heavy atom. The number of methoxy groups -OCH3 is 1. The highest BCUT2D eigenvalue weighted by Gasteiger charge is 2.25. The Hall–Kier alpha value is -3.77. The number of aromatic nitrogens is 1. The highest BCUT2D eigenvalue weighted by Crippen LogP contribution is 2.39. The smallest absolute Gasteiger partial charge is 0.317 e. The van der Waals surface area contributed by atoms with Crippen molar-refractivity contribution < 1.29 is 22.7 Å². The number of piperazine rings is 1. The van der Waals surface area contributed by atoms with Gasteiger partial charge in [0.15, 0.2) is 5.75 Å². The second-order valence-electron chi connectivity index (χ2n) is 11.7. The summed E-state index contributed by atoms with van der Waals surface area (Å²) in [6.07, 6.45) is 1.07. The van der Waals surface area contributed by atoms with Gasteiger partial charge in [-0.15, -0.1) is 0 Å². The van der Waals surface area contributed by atoms with E-state index in [1.807, 2.05) is 96.2 Å². The van der Waals surface area contributed by atoms with Crippen LogP contribution in [0.25, 0.3) is 10.9 Å². The van der Waals surface area contributed by atoms with E-state index >= 15 is 0 Å². The fraction of sp³-hybridized carbons (Fsp3) is 0.529. The second-order valence-corrected chi connectivity index (χ2v) is 13.5. The van der Waals surface area contributed by atoms with Crippen LogP contribution in [0.4, 0.5) is 16.2 Å². The van der Waals surface area contributed by atoms with Gasteiger partial charge in [0.25, 0.3) is 5.91 Å². The summed E-state index contributed by atoms with van der Waals surface area (Å²) >= 11 is 0. The zero-order chi connectivity index (χ0) is 34.8. The summed E-state index contributed by atoms with van der Waals surface area (Å²) in [5, 5.41) is 6.77. The first-order chi connectivity index (χ1) is 21.7. The molecule has 12 heteroatoms. The van der Waals surface area contributed by atoms with Gasteiger partial charge < -0.3 is 24.8 Å². The minimum Gasteiger partial charge on any atom is -0.492 e. The maximum atomic E-state index is 13.7. The molecule has 3 aromatic rings. The molecule has 1 saturated heterocycles. The monoisotopic (exact) mass is 658 g/mol. The van der Waals surface area contributed by atoms with E-state index in [2.05, 4.69) is 26.3 Å². The molecule has 0 saturated carbocycles. The highest BCUT2D eigenvalue weighted by atomic mass is 32.2. The zero-order valence-corrected chi connectivity index (χ0v) is 30.3. The summed E-state index contributed by atoms with van der Waals surface area (Å²) in [5.41, 5.74) is 3.65. The molecule has 0 spiro atoms. The van der Waals surface area contributed by atoms with Crippen molar-refractivity contribution in [2.24, 2.45) is 7.05 Å². The normalized spacial score (nSPS) is 13.6. The van der Waals surface area contributed by atoms with Crippen LogP contribution in [0, 0.1) is 0 Å². The molecule has 256 valence electrons. The molecule has 0 unspecified atom stereocenters. The third kappa shape index (κ3) is 9.62. The minimum absolute atomic E-state index is 0.0266. The Morgan fingerprint density at radius 2 is 1.57 bits per heavy atom. The molecule has 2 heterocycles. The maximum Gasteiger partial charge on any atom is 0.317 e. The lowest BCUT2D eigenvalue weighted by molar-refractivity contribution is 0.101. The van der Waals surface area contributed by atoms with Crippen LogP contribution in [0.15, 0.2) is 36.4 Å². The van der Waals surface area contributed by atoms with Gasteiger partial charge in [-0.1, -0.05) is 66.7 Å². The van der Waals surface area contributed by atoms with Crippen LogP contribution in [-0.2, 0) is 29.0 Å². The quantitative estimate of drug-likeness (QED) is 0.273. The van der Waals surface area contributed by atoms with Gasteiger partial charge in [-0.05, 0) is 41.7 Å². The molecule has 3 N–H and O–H groups in total. The van der Waals surface area contributed by atoms with Crippen LogP contribution in [0.3, 0.4) is 0 Å². The average molecular weight is 659 g/mol. The Morgan fingerprint density at radius 1 is 0.957 bits per heavy atom. The molecule has 11 nitrogen and oxygen atoms in total. The van der Waals surface area contributed by atoms with Gasteiger partial charge in [0.2, 0.25) is 10.0 Å². The van der Waals surface area contributed by atoms with Crippen LogP contribution < -0.4 is 20.1 Å². The van der Waals surface area contributed by atoms with Crippen molar-refractivity contribution in [3.63, 3.8) is 0 Å². The lowest BCUT2D eigenvalue weighted by Gasteiger charge is -2.34. The van der Waals surface area contributed by atoms with Gasteiger partial charge in [0.05, 0.1) is 30.3 Å². The number of amides is 3. The van der Waals surface area contributed by atoms with Gasteiger partial charge in [-0.3, -0.25) is 14.4 Å². The molecule has 1 aromatic heterocycles. The van der Waals surface area contributed by atoms with Crippen molar-refractivity contribution in [1.29, 1.82) is 0 Å². The van der Waals surface area contributed by atoms with Gasteiger partial charge in [0, 0.05) is 51.7 Å². The van der Waals surface area contributed by atoms with Gasteiger partial charge >= 0.3 is 6.03 Å². The molecule has 46 heavy (non-hydrogen) atoms. The number of para-hydroxylation sites is 1. The first kappa shape index (κ1) is 38.4. The summed E-state index contributed by atoms with van der Waals surface area (Å²) in [6, 6.07) is 11.4. The van der Waals surface area contributed by atoms with E-state index in [0.29, 0.717) is 37.6 Å². The van der Waals surface area contributed by atoms with E-state index in [9.17, 15) is 18.0 Å². The van der Waals surface area contributed by atoms with Crippen LogP contribution in [0.2, 0.25) is 0 Å². The number of anilines is 2. The zero-order valence-electron chi connectivity index (χ0n) is 29.5. The third-order valence-electron chi connectivity index (χ3n) is 7.46. The second kappa shape index (κ2) is 16.7. The van der Waals surface area contributed by atoms with E-state index in [1.165, 1.54) is 7.11 Å². The van der Waals surface area contributed by atoms with Crippen molar-refractivity contribution in [2.75, 3.05) is 56.1 Å². The van der Waals surface area contributed by atoms with Crippen molar-refractivity contribution in [1.82, 2.24) is 19.7 Å². The number of aryl methyl sites for hydroxylation is 1. The van der Waals surface area contributed by atoms with E-state index < -0.39 is 10.0 Å². The van der Waals surface area contributed by atoms with Crippen molar-refractivity contribution in [3.05, 3.63) is 53.2 Å². The summed E-state index contributed by atoms with van der Waals surface area (Å²) in [7, 11) is -0.287. The molecule has 4 rings (SSSR count). The van der Waals surface area contributed by atoms with E-state index in [0.717, 1.165) is 41.4 Å². The SMILES string of the molecule is CC.CC.CCNC(=O)N1CCN(Cc2cccc3cc(C(=O)Nc4cc(C(C)(C)C)cc(NS(C)(=O)=O)c4OC)n(C)c23)CC1. The van der Waals surface area contributed by atoms with Gasteiger partial charge in [0.1, 0.15) is 5.69 Å². The maximum absolute atomic E-state index is 13.7.